The van der Waals surface area contributed by atoms with E-state index in [2.05, 4.69) is 0 Å². The number of hydrogen-bond donors (Lipinski definition) is 0. The maximum Gasteiger partial charge on any atom is 0.264 e. The van der Waals surface area contributed by atoms with Crippen molar-refractivity contribution in [3.05, 3.63) is 29.3 Å². The summed E-state index contributed by atoms with van der Waals surface area (Å²) in [6.07, 6.45) is 3.02. The van der Waals surface area contributed by atoms with Gasteiger partial charge in [-0.3, -0.25) is 4.79 Å². The van der Waals surface area contributed by atoms with Crippen LogP contribution in [0.1, 0.15) is 29.6 Å². The second kappa shape index (κ2) is 5.88. The third-order valence-corrected chi connectivity index (χ3v) is 4.98. The van der Waals surface area contributed by atoms with Crippen LogP contribution in [0.25, 0.3) is 0 Å². The summed E-state index contributed by atoms with van der Waals surface area (Å²) in [7, 11) is 2.12. The Morgan fingerprint density at radius 3 is 2.48 bits per heavy atom. The molecule has 0 atom stereocenters. The zero-order chi connectivity index (χ0) is 15.8. The van der Waals surface area contributed by atoms with Gasteiger partial charge in [0.1, 0.15) is 16.3 Å². The number of benzene rings is 1. The molecule has 0 aromatic heterocycles. The van der Waals surface area contributed by atoms with Gasteiger partial charge in [0.25, 0.3) is 15.0 Å². The Morgan fingerprint density at radius 1 is 1.38 bits per heavy atom. The Bertz CT molecular complexity index is 674. The molecule has 1 aromatic rings. The van der Waals surface area contributed by atoms with Gasteiger partial charge >= 0.3 is 0 Å². The van der Waals surface area contributed by atoms with E-state index in [4.69, 9.17) is 10.7 Å². The normalized spacial score (nSPS) is 15.6. The molecule has 4 nitrogen and oxygen atoms in total. The van der Waals surface area contributed by atoms with Crippen molar-refractivity contribution in [3.8, 4) is 0 Å². The van der Waals surface area contributed by atoms with Crippen LogP contribution in [0.5, 0.6) is 0 Å². The lowest BCUT2D eigenvalue weighted by atomic mass is 9.85. The van der Waals surface area contributed by atoms with Gasteiger partial charge in [0, 0.05) is 24.3 Å². The van der Waals surface area contributed by atoms with Crippen LogP contribution in [0, 0.1) is 17.6 Å². The van der Waals surface area contributed by atoms with Crippen molar-refractivity contribution in [2.45, 2.75) is 24.2 Å². The molecule has 0 N–H and O–H groups in total. The first-order valence-corrected chi connectivity index (χ1v) is 8.71. The maximum atomic E-state index is 14.1. The summed E-state index contributed by atoms with van der Waals surface area (Å²) in [5, 5.41) is 0. The highest BCUT2D eigenvalue weighted by atomic mass is 35.7. The third kappa shape index (κ3) is 3.35. The summed E-state index contributed by atoms with van der Waals surface area (Å²) in [6, 6.07) is 1.43. The fraction of sp³-hybridized carbons (Fsp3) is 0.462. The Balaban J connectivity index is 2.35. The van der Waals surface area contributed by atoms with E-state index in [0.717, 1.165) is 25.3 Å². The SMILES string of the molecule is CN(CC1CCC1)C(=O)c1c(F)ccc(S(=O)(=O)Cl)c1F. The van der Waals surface area contributed by atoms with Crippen molar-refractivity contribution < 1.29 is 22.0 Å². The number of carbonyl (C=O) groups is 1. The van der Waals surface area contributed by atoms with Crippen molar-refractivity contribution in [1.82, 2.24) is 4.90 Å². The summed E-state index contributed by atoms with van der Waals surface area (Å²) < 4.78 is 50.3. The third-order valence-electron chi connectivity index (χ3n) is 3.64. The monoisotopic (exact) mass is 337 g/mol. The molecule has 1 fully saturated rings. The van der Waals surface area contributed by atoms with Crippen LogP contribution in [-0.4, -0.2) is 32.8 Å². The lowest BCUT2D eigenvalue weighted by Crippen LogP contribution is -2.35. The topological polar surface area (TPSA) is 54.5 Å². The molecule has 1 saturated carbocycles. The van der Waals surface area contributed by atoms with Crippen LogP contribution in [-0.2, 0) is 9.05 Å². The van der Waals surface area contributed by atoms with Crippen LogP contribution >= 0.6 is 10.7 Å². The zero-order valence-electron chi connectivity index (χ0n) is 11.3. The van der Waals surface area contributed by atoms with Gasteiger partial charge in [-0.1, -0.05) is 6.42 Å². The molecule has 1 aliphatic rings. The van der Waals surface area contributed by atoms with E-state index in [1.807, 2.05) is 0 Å². The average molecular weight is 338 g/mol. The van der Waals surface area contributed by atoms with E-state index >= 15 is 0 Å². The molecule has 1 amide bonds. The molecule has 1 aromatic carbocycles. The van der Waals surface area contributed by atoms with Crippen molar-refractivity contribution in [2.24, 2.45) is 5.92 Å². The van der Waals surface area contributed by atoms with Gasteiger partial charge in [0.2, 0.25) is 0 Å². The molecule has 8 heteroatoms. The van der Waals surface area contributed by atoms with Gasteiger partial charge in [-0.25, -0.2) is 17.2 Å². The predicted octanol–water partition coefficient (Wildman–Crippen LogP) is 2.76. The van der Waals surface area contributed by atoms with E-state index in [0.29, 0.717) is 18.5 Å². The second-order valence-electron chi connectivity index (χ2n) is 5.15. The number of amides is 1. The van der Waals surface area contributed by atoms with Gasteiger partial charge in [-0.15, -0.1) is 0 Å². The molecule has 2 rings (SSSR count). The summed E-state index contributed by atoms with van der Waals surface area (Å²) in [5.41, 5.74) is -0.890. The van der Waals surface area contributed by atoms with Gasteiger partial charge in [0.05, 0.1) is 0 Å². The summed E-state index contributed by atoms with van der Waals surface area (Å²) in [5.74, 6) is -3.12. The molecule has 116 valence electrons. The highest BCUT2D eigenvalue weighted by Gasteiger charge is 2.29. The molecule has 0 aliphatic heterocycles. The van der Waals surface area contributed by atoms with Gasteiger partial charge < -0.3 is 4.90 Å². The molecule has 0 saturated heterocycles. The lowest BCUT2D eigenvalue weighted by Gasteiger charge is -2.30. The highest BCUT2D eigenvalue weighted by Crippen LogP contribution is 2.28. The van der Waals surface area contributed by atoms with Crippen molar-refractivity contribution in [1.29, 1.82) is 0 Å². The molecule has 1 aliphatic carbocycles. The molecule has 0 bridgehead atoms. The van der Waals surface area contributed by atoms with E-state index in [1.54, 1.807) is 0 Å². The average Bonchev–Trinajstić information content (AvgIpc) is 2.31. The standard InChI is InChI=1S/C13H14ClF2NO3S/c1-17(7-8-3-2-4-8)13(18)11-9(15)5-6-10(12(11)16)21(14,19)20/h5-6,8H,2-4,7H2,1H3. The van der Waals surface area contributed by atoms with E-state index in [1.165, 1.54) is 11.9 Å². The van der Waals surface area contributed by atoms with Gasteiger partial charge in [-0.2, -0.15) is 0 Å². The molecule has 0 unspecified atom stereocenters. The molecule has 0 heterocycles. The molecule has 0 radical (unpaired) electrons. The Hall–Kier alpha value is -1.21. The number of hydrogen-bond acceptors (Lipinski definition) is 3. The highest BCUT2D eigenvalue weighted by molar-refractivity contribution is 8.13. The Kier molecular flexibility index (Phi) is 4.53. The first kappa shape index (κ1) is 16.2. The van der Waals surface area contributed by atoms with E-state index in [9.17, 15) is 22.0 Å². The molecule has 0 spiro atoms. The van der Waals surface area contributed by atoms with Crippen LogP contribution in [0.2, 0.25) is 0 Å². The van der Waals surface area contributed by atoms with E-state index in [-0.39, 0.29) is 0 Å². The minimum absolute atomic E-state index is 0.324. The molecular weight excluding hydrogens is 324 g/mol. The minimum atomic E-state index is -4.39. The van der Waals surface area contributed by atoms with Crippen LogP contribution in [0.4, 0.5) is 8.78 Å². The first-order chi connectivity index (χ1) is 9.71. The van der Waals surface area contributed by atoms with Crippen molar-refractivity contribution in [3.63, 3.8) is 0 Å². The number of rotatable bonds is 4. The van der Waals surface area contributed by atoms with Crippen LogP contribution in [0.3, 0.4) is 0 Å². The first-order valence-electron chi connectivity index (χ1n) is 6.40. The fourth-order valence-corrected chi connectivity index (χ4v) is 3.16. The maximum absolute atomic E-state index is 14.1. The van der Waals surface area contributed by atoms with Crippen LogP contribution in [0.15, 0.2) is 17.0 Å². The Morgan fingerprint density at radius 2 is 2.00 bits per heavy atom. The summed E-state index contributed by atoms with van der Waals surface area (Å²) in [4.78, 5) is 12.5. The zero-order valence-corrected chi connectivity index (χ0v) is 12.8. The van der Waals surface area contributed by atoms with Gasteiger partial charge in [0.15, 0.2) is 5.82 Å². The number of carbonyl (C=O) groups excluding carboxylic acids is 1. The predicted molar refractivity (Wildman–Crippen MR) is 73.7 cm³/mol. The summed E-state index contributed by atoms with van der Waals surface area (Å²) in [6.45, 7) is 0.384. The number of halogens is 3. The quantitative estimate of drug-likeness (QED) is 0.794. The molecule has 21 heavy (non-hydrogen) atoms. The summed E-state index contributed by atoms with van der Waals surface area (Å²) >= 11 is 0. The lowest BCUT2D eigenvalue weighted by molar-refractivity contribution is 0.0735. The van der Waals surface area contributed by atoms with Crippen molar-refractivity contribution >= 4 is 25.6 Å². The second-order valence-corrected chi connectivity index (χ2v) is 7.69. The molecular formula is C13H14ClF2NO3S. The fourth-order valence-electron chi connectivity index (χ4n) is 2.25. The largest absolute Gasteiger partial charge is 0.341 e. The smallest absolute Gasteiger partial charge is 0.264 e. The van der Waals surface area contributed by atoms with Crippen LogP contribution < -0.4 is 0 Å². The van der Waals surface area contributed by atoms with E-state index < -0.39 is 37.1 Å². The number of nitrogens with zero attached hydrogens (tertiary/aromatic N) is 1. The minimum Gasteiger partial charge on any atom is -0.341 e. The van der Waals surface area contributed by atoms with Crippen molar-refractivity contribution in [2.75, 3.05) is 13.6 Å². The Labute approximate surface area is 126 Å². The van der Waals surface area contributed by atoms with Gasteiger partial charge in [-0.05, 0) is 30.9 Å².